The molecule has 2 aliphatic carbocycles. The molecule has 0 amide bonds. The van der Waals surface area contributed by atoms with Crippen LogP contribution in [0, 0.1) is 11.1 Å². The summed E-state index contributed by atoms with van der Waals surface area (Å²) in [7, 11) is 3.44. The first-order valence-corrected chi connectivity index (χ1v) is 8.45. The van der Waals surface area contributed by atoms with Crippen molar-refractivity contribution in [2.24, 2.45) is 5.92 Å². The molecule has 1 saturated carbocycles. The van der Waals surface area contributed by atoms with Crippen LogP contribution < -0.4 is 9.47 Å². The summed E-state index contributed by atoms with van der Waals surface area (Å²) in [5.41, 5.74) is 2.06. The quantitative estimate of drug-likeness (QED) is 0.587. The van der Waals surface area contributed by atoms with Crippen LogP contribution in [0.2, 0.25) is 0 Å². The van der Waals surface area contributed by atoms with Gasteiger partial charge in [-0.1, -0.05) is 6.07 Å². The van der Waals surface area contributed by atoms with Gasteiger partial charge in [-0.25, -0.2) is 0 Å². The molecular formula is C18H21NO4. The minimum absolute atomic E-state index is 0.0368. The molecule has 122 valence electrons. The monoisotopic (exact) mass is 315 g/mol. The minimum atomic E-state index is -0.422. The number of hydroxylamine groups is 3. The van der Waals surface area contributed by atoms with Crippen LogP contribution in [-0.4, -0.2) is 43.3 Å². The molecule has 5 atom stereocenters. The van der Waals surface area contributed by atoms with Gasteiger partial charge in [-0.15, -0.1) is 0 Å². The van der Waals surface area contributed by atoms with Gasteiger partial charge in [0, 0.05) is 30.7 Å². The zero-order valence-corrected chi connectivity index (χ0v) is 13.5. The molecule has 1 saturated heterocycles. The fourth-order valence-corrected chi connectivity index (χ4v) is 5.83. The standard InChI is InChI=1S/C18H21NO4/c1-19(21)8-7-18-11-4-5-13(20)17(18)23-16-14(22-2)6-3-10(15(16)18)9-12(11)19/h3,6,11-12,17H,4-5,7-9H2,1-2H3/t11-,12?,17-,18-,19?/m1/s1. The Bertz CT molecular complexity index is 728. The van der Waals surface area contributed by atoms with E-state index < -0.39 is 6.10 Å². The molecule has 2 fully saturated rings. The van der Waals surface area contributed by atoms with Crippen LogP contribution in [0.4, 0.5) is 0 Å². The molecular weight excluding hydrogens is 294 g/mol. The van der Waals surface area contributed by atoms with Crippen molar-refractivity contribution in [1.29, 1.82) is 0 Å². The fraction of sp³-hybridized carbons (Fsp3) is 0.611. The average Bonchev–Trinajstić information content (AvgIpc) is 2.88. The highest BCUT2D eigenvalue weighted by Crippen LogP contribution is 2.63. The molecule has 2 bridgehead atoms. The lowest BCUT2D eigenvalue weighted by Crippen LogP contribution is -2.70. The van der Waals surface area contributed by atoms with E-state index in [0.717, 1.165) is 25.0 Å². The van der Waals surface area contributed by atoms with Gasteiger partial charge in [0.1, 0.15) is 0 Å². The van der Waals surface area contributed by atoms with Gasteiger partial charge in [0.2, 0.25) is 0 Å². The van der Waals surface area contributed by atoms with E-state index in [1.807, 2.05) is 6.07 Å². The molecule has 2 unspecified atom stereocenters. The second-order valence-electron chi connectivity index (χ2n) is 7.70. The van der Waals surface area contributed by atoms with Crippen LogP contribution in [0.3, 0.4) is 0 Å². The van der Waals surface area contributed by atoms with E-state index in [1.54, 1.807) is 14.2 Å². The number of piperidine rings is 1. The number of ketones is 1. The number of hydrogen-bond acceptors (Lipinski definition) is 4. The van der Waals surface area contributed by atoms with Gasteiger partial charge >= 0.3 is 0 Å². The van der Waals surface area contributed by atoms with Gasteiger partial charge in [-0.05, 0) is 18.1 Å². The molecule has 23 heavy (non-hydrogen) atoms. The summed E-state index contributed by atoms with van der Waals surface area (Å²) in [4.78, 5) is 12.6. The molecule has 1 aromatic carbocycles. The highest BCUT2D eigenvalue weighted by atomic mass is 16.5. The largest absolute Gasteiger partial charge is 0.633 e. The Morgan fingerprint density at radius 3 is 3.04 bits per heavy atom. The molecule has 4 aliphatic rings. The third kappa shape index (κ3) is 1.44. The fourth-order valence-electron chi connectivity index (χ4n) is 5.83. The molecule has 5 nitrogen and oxygen atoms in total. The number of hydrogen-bond donors (Lipinski definition) is 0. The SMILES string of the molecule is COc1ccc2c3c1O[C@@H]1C(=O)CC[C@@H]4C(C2)[N+](C)([O-])CC[C@@]314. The Hall–Kier alpha value is -1.59. The van der Waals surface area contributed by atoms with Crippen molar-refractivity contribution in [1.82, 2.24) is 0 Å². The molecule has 5 rings (SSSR count). The second kappa shape index (κ2) is 4.08. The lowest BCUT2D eigenvalue weighted by Gasteiger charge is -2.62. The maximum absolute atomic E-state index is 13.0. The molecule has 0 aromatic heterocycles. The van der Waals surface area contributed by atoms with E-state index in [1.165, 1.54) is 11.1 Å². The van der Waals surface area contributed by atoms with Gasteiger partial charge in [0.25, 0.3) is 0 Å². The zero-order valence-electron chi connectivity index (χ0n) is 13.5. The van der Waals surface area contributed by atoms with Crippen molar-refractivity contribution in [3.8, 4) is 11.5 Å². The number of carbonyl (C=O) groups excluding carboxylic acids is 1. The number of likely N-dealkylation sites (N-methyl/N-ethyl adjacent to an activating group) is 1. The topological polar surface area (TPSA) is 58.6 Å². The van der Waals surface area contributed by atoms with E-state index in [-0.39, 0.29) is 27.8 Å². The summed E-state index contributed by atoms with van der Waals surface area (Å²) >= 11 is 0. The summed E-state index contributed by atoms with van der Waals surface area (Å²) in [6.45, 7) is 0.560. The smallest absolute Gasteiger partial charge is 0.174 e. The van der Waals surface area contributed by atoms with E-state index >= 15 is 0 Å². The number of benzene rings is 1. The van der Waals surface area contributed by atoms with Crippen molar-refractivity contribution in [3.63, 3.8) is 0 Å². The van der Waals surface area contributed by atoms with Gasteiger partial charge in [-0.3, -0.25) is 4.79 Å². The Morgan fingerprint density at radius 1 is 1.43 bits per heavy atom. The number of carbonyl (C=O) groups is 1. The van der Waals surface area contributed by atoms with Gasteiger partial charge < -0.3 is 19.3 Å². The highest BCUT2D eigenvalue weighted by molar-refractivity contribution is 5.89. The van der Waals surface area contributed by atoms with Crippen LogP contribution in [-0.2, 0) is 16.6 Å². The normalized spacial score (nSPS) is 42.9. The minimum Gasteiger partial charge on any atom is -0.633 e. The lowest BCUT2D eigenvalue weighted by molar-refractivity contribution is -0.899. The summed E-state index contributed by atoms with van der Waals surface area (Å²) in [5.74, 6) is 1.90. The highest BCUT2D eigenvalue weighted by Gasteiger charge is 2.68. The number of quaternary nitrogens is 1. The number of rotatable bonds is 1. The maximum Gasteiger partial charge on any atom is 0.174 e. The first-order valence-electron chi connectivity index (χ1n) is 8.45. The summed E-state index contributed by atoms with van der Waals surface area (Å²) in [6, 6.07) is 4.02. The van der Waals surface area contributed by atoms with E-state index in [9.17, 15) is 10.0 Å². The number of methoxy groups -OCH3 is 1. The summed E-state index contributed by atoms with van der Waals surface area (Å²) in [5, 5.41) is 13.0. The van der Waals surface area contributed by atoms with Crippen molar-refractivity contribution in [3.05, 3.63) is 28.5 Å². The Morgan fingerprint density at radius 2 is 2.26 bits per heavy atom. The van der Waals surface area contributed by atoms with Crippen LogP contribution in [0.1, 0.15) is 30.4 Å². The maximum atomic E-state index is 13.0. The number of Topliss-reactive ketones (excluding diaryl/α,β-unsaturated/α-hetero) is 1. The van der Waals surface area contributed by atoms with Crippen molar-refractivity contribution < 1.29 is 18.9 Å². The van der Waals surface area contributed by atoms with Crippen molar-refractivity contribution >= 4 is 5.78 Å². The van der Waals surface area contributed by atoms with Crippen LogP contribution in [0.25, 0.3) is 0 Å². The van der Waals surface area contributed by atoms with Gasteiger partial charge in [-0.2, -0.15) is 0 Å². The molecule has 2 heterocycles. The van der Waals surface area contributed by atoms with Crippen molar-refractivity contribution in [2.45, 2.75) is 43.2 Å². The average molecular weight is 315 g/mol. The van der Waals surface area contributed by atoms with E-state index in [0.29, 0.717) is 18.7 Å². The summed E-state index contributed by atoms with van der Waals surface area (Å²) < 4.78 is 11.5. The second-order valence-corrected chi connectivity index (χ2v) is 7.70. The molecule has 0 N–H and O–H groups in total. The third-order valence-corrected chi connectivity index (χ3v) is 6.82. The van der Waals surface area contributed by atoms with Crippen LogP contribution in [0.5, 0.6) is 11.5 Å². The third-order valence-electron chi connectivity index (χ3n) is 6.82. The molecule has 1 spiro atoms. The first kappa shape index (κ1) is 13.8. The molecule has 1 aromatic rings. The molecule has 2 aliphatic heterocycles. The van der Waals surface area contributed by atoms with Crippen molar-refractivity contribution in [2.75, 3.05) is 20.7 Å². The predicted octanol–water partition coefficient (Wildman–Crippen LogP) is 1.95. The summed E-state index contributed by atoms with van der Waals surface area (Å²) in [6.07, 6.45) is 2.43. The number of nitrogens with zero attached hydrogens (tertiary/aromatic N) is 1. The molecule has 0 radical (unpaired) electrons. The van der Waals surface area contributed by atoms with Gasteiger partial charge in [0.05, 0.1) is 32.2 Å². The molecule has 5 heteroatoms. The Kier molecular flexibility index (Phi) is 2.45. The van der Waals surface area contributed by atoms with Gasteiger partial charge in [0.15, 0.2) is 23.4 Å². The lowest BCUT2D eigenvalue weighted by atomic mass is 9.51. The Balaban J connectivity index is 1.81. The zero-order chi connectivity index (χ0) is 16.0. The Labute approximate surface area is 135 Å². The van der Waals surface area contributed by atoms with E-state index in [4.69, 9.17) is 9.47 Å². The van der Waals surface area contributed by atoms with Crippen LogP contribution >= 0.6 is 0 Å². The van der Waals surface area contributed by atoms with Crippen LogP contribution in [0.15, 0.2) is 12.1 Å². The number of likely N-dealkylation sites (tertiary alicyclic amines) is 1. The van der Waals surface area contributed by atoms with E-state index in [2.05, 4.69) is 6.07 Å². The predicted molar refractivity (Wildman–Crippen MR) is 83.3 cm³/mol. The number of ether oxygens (including phenoxy) is 2. The first-order chi connectivity index (χ1) is 11.0.